The van der Waals surface area contributed by atoms with E-state index < -0.39 is 0 Å². The van der Waals surface area contributed by atoms with Gasteiger partial charge < -0.3 is 14.0 Å². The number of halogens is 1. The first kappa shape index (κ1) is 18.1. The molecule has 1 aromatic heterocycles. The summed E-state index contributed by atoms with van der Waals surface area (Å²) in [5.41, 5.74) is 5.29. The average molecular weight is 457 g/mol. The van der Waals surface area contributed by atoms with Crippen molar-refractivity contribution in [3.63, 3.8) is 0 Å². The summed E-state index contributed by atoms with van der Waals surface area (Å²) in [6.07, 6.45) is 4.43. The molecule has 0 unspecified atom stereocenters. The third kappa shape index (κ3) is 2.94. The Morgan fingerprint density at radius 3 is 2.86 bits per heavy atom. The van der Waals surface area contributed by atoms with Gasteiger partial charge in [-0.25, -0.2) is 0 Å². The molecule has 0 aliphatic heterocycles. The van der Waals surface area contributed by atoms with E-state index in [-0.39, 0.29) is 5.41 Å². The number of hydrogen-bond acceptors (Lipinski definition) is 5. The lowest BCUT2D eigenvalue weighted by Crippen LogP contribution is -2.17. The van der Waals surface area contributed by atoms with E-state index in [1.54, 1.807) is 7.11 Å². The van der Waals surface area contributed by atoms with E-state index in [0.717, 1.165) is 39.5 Å². The van der Waals surface area contributed by atoms with Crippen molar-refractivity contribution < 1.29 is 9.26 Å². The molecular weight excluding hydrogens is 436 g/mol. The number of anilines is 1. The summed E-state index contributed by atoms with van der Waals surface area (Å²) in [6.45, 7) is 2.16. The van der Waals surface area contributed by atoms with Gasteiger partial charge in [-0.15, -0.1) is 0 Å². The fraction of sp³-hybridized carbons (Fsp3) is 0.318. The lowest BCUT2D eigenvalue weighted by atomic mass is 9.79. The lowest BCUT2D eigenvalue weighted by molar-refractivity contribution is 0.404. The molecule has 2 aliphatic carbocycles. The number of fused-ring (bicyclic) bond motifs is 4. The molecule has 1 fully saturated rings. The zero-order chi connectivity index (χ0) is 19.3. The Kier molecular flexibility index (Phi) is 4.43. The molecular formula is C22H21BrN2O2S. The molecule has 2 aromatic carbocycles. The molecule has 0 bridgehead atoms. The fourth-order valence-electron chi connectivity index (χ4n) is 4.09. The Morgan fingerprint density at radius 1 is 1.25 bits per heavy atom. The standard InChI is InChI=1S/C22H21BrN2O2S/c1-3-13-4-7-18(26-2)19(10-13)28-25-21-16-12-22(8-9-22)17-6-5-14(23)11-15(17)20(16)27-24-21/h4-7,10-11H,3,8-9,12H2,1-2H3,(H,24,25). The normalized spacial score (nSPS) is 15.8. The van der Waals surface area contributed by atoms with Crippen LogP contribution < -0.4 is 9.46 Å². The second kappa shape index (κ2) is 6.85. The van der Waals surface area contributed by atoms with Gasteiger partial charge in [-0.05, 0) is 73.0 Å². The summed E-state index contributed by atoms with van der Waals surface area (Å²) in [5, 5.41) is 4.37. The topological polar surface area (TPSA) is 47.3 Å². The van der Waals surface area contributed by atoms with Crippen LogP contribution >= 0.6 is 27.9 Å². The van der Waals surface area contributed by atoms with Crippen molar-refractivity contribution in [3.05, 3.63) is 57.6 Å². The lowest BCUT2D eigenvalue weighted by Gasteiger charge is -2.24. The zero-order valence-corrected chi connectivity index (χ0v) is 18.2. The number of ether oxygens (including phenoxy) is 1. The molecule has 0 saturated heterocycles. The SMILES string of the molecule is CCc1ccc(OC)c(SNc2noc3c2CC2(CC2)c2ccc(Br)cc2-3)c1. The number of benzene rings is 2. The van der Waals surface area contributed by atoms with Crippen LogP contribution in [0.25, 0.3) is 11.3 Å². The summed E-state index contributed by atoms with van der Waals surface area (Å²) < 4.78 is 15.8. The Balaban J connectivity index is 1.47. The predicted molar refractivity (Wildman–Crippen MR) is 116 cm³/mol. The van der Waals surface area contributed by atoms with Crippen LogP contribution in [0.2, 0.25) is 0 Å². The van der Waals surface area contributed by atoms with Crippen LogP contribution in [0.1, 0.15) is 36.5 Å². The van der Waals surface area contributed by atoms with E-state index in [9.17, 15) is 0 Å². The van der Waals surface area contributed by atoms with Gasteiger partial charge in [-0.2, -0.15) is 0 Å². The highest BCUT2D eigenvalue weighted by molar-refractivity contribution is 9.10. The average Bonchev–Trinajstić information content (AvgIpc) is 3.36. The van der Waals surface area contributed by atoms with Crippen LogP contribution in [0.4, 0.5) is 5.82 Å². The van der Waals surface area contributed by atoms with E-state index in [1.807, 2.05) is 6.07 Å². The minimum absolute atomic E-state index is 0.259. The number of methoxy groups -OCH3 is 1. The van der Waals surface area contributed by atoms with Crippen molar-refractivity contribution in [1.29, 1.82) is 0 Å². The molecule has 2 aliphatic rings. The summed E-state index contributed by atoms with van der Waals surface area (Å²) >= 11 is 5.13. The summed E-state index contributed by atoms with van der Waals surface area (Å²) in [6, 6.07) is 12.8. The van der Waals surface area contributed by atoms with Gasteiger partial charge in [0.15, 0.2) is 11.6 Å². The van der Waals surface area contributed by atoms with E-state index in [1.165, 1.54) is 47.0 Å². The van der Waals surface area contributed by atoms with Gasteiger partial charge in [-0.1, -0.05) is 40.1 Å². The first-order chi connectivity index (χ1) is 13.6. The summed E-state index contributed by atoms with van der Waals surface area (Å²) in [7, 11) is 1.70. The van der Waals surface area contributed by atoms with Crippen LogP contribution in [-0.4, -0.2) is 12.3 Å². The molecule has 28 heavy (non-hydrogen) atoms. The molecule has 144 valence electrons. The molecule has 1 saturated carbocycles. The molecule has 6 heteroatoms. The number of aryl methyl sites for hydroxylation is 1. The minimum atomic E-state index is 0.259. The number of rotatable bonds is 5. The van der Waals surface area contributed by atoms with Crippen molar-refractivity contribution in [2.75, 3.05) is 11.8 Å². The van der Waals surface area contributed by atoms with Crippen molar-refractivity contribution in [2.45, 2.75) is 42.9 Å². The highest BCUT2D eigenvalue weighted by atomic mass is 79.9. The maximum atomic E-state index is 5.80. The third-order valence-corrected chi connectivity index (χ3v) is 7.18. The molecule has 0 atom stereocenters. The second-order valence-electron chi connectivity index (χ2n) is 7.53. The quantitative estimate of drug-likeness (QED) is 0.451. The van der Waals surface area contributed by atoms with Gasteiger partial charge in [-0.3, -0.25) is 0 Å². The zero-order valence-electron chi connectivity index (χ0n) is 15.8. The highest BCUT2D eigenvalue weighted by Gasteiger charge is 2.50. The van der Waals surface area contributed by atoms with E-state index in [2.05, 4.69) is 63.1 Å². The Labute approximate surface area is 177 Å². The molecule has 1 spiro atoms. The molecule has 3 aromatic rings. The predicted octanol–water partition coefficient (Wildman–Crippen LogP) is 6.38. The van der Waals surface area contributed by atoms with E-state index in [0.29, 0.717) is 0 Å². The first-order valence-electron chi connectivity index (χ1n) is 9.52. The number of nitrogens with one attached hydrogen (secondary N) is 1. The monoisotopic (exact) mass is 456 g/mol. The third-order valence-electron chi connectivity index (χ3n) is 5.85. The summed E-state index contributed by atoms with van der Waals surface area (Å²) in [5.74, 6) is 2.58. The molecule has 5 rings (SSSR count). The Morgan fingerprint density at radius 2 is 2.11 bits per heavy atom. The van der Waals surface area contributed by atoms with Crippen molar-refractivity contribution in [3.8, 4) is 17.1 Å². The van der Waals surface area contributed by atoms with Gasteiger partial charge in [0.25, 0.3) is 0 Å². The first-order valence-corrected chi connectivity index (χ1v) is 11.1. The summed E-state index contributed by atoms with van der Waals surface area (Å²) in [4.78, 5) is 1.05. The minimum Gasteiger partial charge on any atom is -0.496 e. The fourth-order valence-corrected chi connectivity index (χ4v) is 5.28. The molecule has 0 radical (unpaired) electrons. The number of hydrogen-bond donors (Lipinski definition) is 1. The van der Waals surface area contributed by atoms with E-state index in [4.69, 9.17) is 9.26 Å². The van der Waals surface area contributed by atoms with Crippen molar-refractivity contribution in [1.82, 2.24) is 5.16 Å². The van der Waals surface area contributed by atoms with Crippen LogP contribution in [-0.2, 0) is 18.3 Å². The molecule has 4 nitrogen and oxygen atoms in total. The van der Waals surface area contributed by atoms with Crippen LogP contribution in [0, 0.1) is 0 Å². The van der Waals surface area contributed by atoms with Gasteiger partial charge in [0.05, 0.1) is 12.0 Å². The maximum absolute atomic E-state index is 5.80. The van der Waals surface area contributed by atoms with E-state index >= 15 is 0 Å². The van der Waals surface area contributed by atoms with Gasteiger partial charge >= 0.3 is 0 Å². The highest BCUT2D eigenvalue weighted by Crippen LogP contribution is 2.58. The smallest absolute Gasteiger partial charge is 0.183 e. The van der Waals surface area contributed by atoms with Crippen molar-refractivity contribution >= 4 is 33.7 Å². The molecule has 0 amide bonds. The van der Waals surface area contributed by atoms with Gasteiger partial charge in [0.2, 0.25) is 0 Å². The molecule has 1 heterocycles. The van der Waals surface area contributed by atoms with Gasteiger partial charge in [0, 0.05) is 21.0 Å². The van der Waals surface area contributed by atoms with Crippen molar-refractivity contribution in [2.24, 2.45) is 0 Å². The molecule has 1 N–H and O–H groups in total. The Bertz CT molecular complexity index is 1060. The Hall–Kier alpha value is -1.92. The maximum Gasteiger partial charge on any atom is 0.183 e. The van der Waals surface area contributed by atoms with Crippen LogP contribution in [0.15, 0.2) is 50.3 Å². The van der Waals surface area contributed by atoms with Crippen LogP contribution in [0.3, 0.4) is 0 Å². The number of nitrogens with zero attached hydrogens (tertiary/aromatic N) is 1. The van der Waals surface area contributed by atoms with Crippen LogP contribution in [0.5, 0.6) is 5.75 Å². The largest absolute Gasteiger partial charge is 0.496 e. The second-order valence-corrected chi connectivity index (χ2v) is 9.29. The van der Waals surface area contributed by atoms with Gasteiger partial charge in [0.1, 0.15) is 5.75 Å². The number of aromatic nitrogens is 1.